The Morgan fingerprint density at radius 1 is 1.07 bits per heavy atom. The number of ether oxygens (including phenoxy) is 2. The van der Waals surface area contributed by atoms with Gasteiger partial charge in [-0.25, -0.2) is 9.78 Å². The summed E-state index contributed by atoms with van der Waals surface area (Å²) in [7, 11) is 1.58. The molecule has 2 heterocycles. The van der Waals surface area contributed by atoms with Gasteiger partial charge < -0.3 is 14.8 Å². The Hall–Kier alpha value is -3.41. The summed E-state index contributed by atoms with van der Waals surface area (Å²) in [4.78, 5) is 15.6. The molecule has 1 fully saturated rings. The third-order valence-electron chi connectivity index (χ3n) is 4.55. The Morgan fingerprint density at radius 3 is 2.70 bits per heavy atom. The number of pyridine rings is 1. The van der Waals surface area contributed by atoms with Crippen molar-refractivity contribution in [1.82, 2.24) is 10.3 Å². The molecule has 0 bridgehead atoms. The quantitative estimate of drug-likeness (QED) is 0.696. The number of halogens is 1. The second-order valence-corrected chi connectivity index (χ2v) is 6.19. The molecule has 0 unspecified atom stereocenters. The van der Waals surface area contributed by atoms with Gasteiger partial charge in [0.05, 0.1) is 13.2 Å². The molecule has 27 heavy (non-hydrogen) atoms. The summed E-state index contributed by atoms with van der Waals surface area (Å²) in [5.41, 5.74) is 2.72. The molecule has 6 heteroatoms. The molecule has 2 aromatic carbocycles. The maximum Gasteiger partial charge on any atom is 0.408 e. The molecule has 5 nitrogen and oxygen atoms in total. The fourth-order valence-corrected chi connectivity index (χ4v) is 3.26. The van der Waals surface area contributed by atoms with Gasteiger partial charge in [-0.2, -0.15) is 4.39 Å². The molecule has 1 saturated heterocycles. The predicted molar refractivity (Wildman–Crippen MR) is 97.7 cm³/mol. The molecule has 1 aliphatic heterocycles. The summed E-state index contributed by atoms with van der Waals surface area (Å²) in [5.74, 6) is 0.145. The molecule has 1 N–H and O–H groups in total. The van der Waals surface area contributed by atoms with Crippen LogP contribution in [0.5, 0.6) is 5.75 Å². The molecule has 0 spiro atoms. The topological polar surface area (TPSA) is 60.5 Å². The van der Waals surface area contributed by atoms with Crippen molar-refractivity contribution >= 4 is 6.09 Å². The van der Waals surface area contributed by atoms with Crippen molar-refractivity contribution in [3.8, 4) is 16.9 Å². The molecule has 0 saturated carbocycles. The highest BCUT2D eigenvalue weighted by molar-refractivity contribution is 5.72. The highest BCUT2D eigenvalue weighted by atomic mass is 19.1. The van der Waals surface area contributed by atoms with Crippen molar-refractivity contribution in [2.24, 2.45) is 0 Å². The number of hydrogen-bond donors (Lipinski definition) is 1. The first-order valence-electron chi connectivity index (χ1n) is 8.47. The van der Waals surface area contributed by atoms with Crippen LogP contribution in [0.1, 0.15) is 23.3 Å². The molecule has 1 amide bonds. The van der Waals surface area contributed by atoms with Gasteiger partial charge in [0.15, 0.2) is 6.10 Å². The van der Waals surface area contributed by atoms with E-state index in [0.717, 1.165) is 11.1 Å². The van der Waals surface area contributed by atoms with E-state index in [1.807, 2.05) is 48.5 Å². The molecule has 0 aliphatic carbocycles. The van der Waals surface area contributed by atoms with Crippen molar-refractivity contribution in [2.75, 3.05) is 7.11 Å². The maximum absolute atomic E-state index is 14.1. The third kappa shape index (κ3) is 3.33. The number of hydrogen-bond acceptors (Lipinski definition) is 4. The van der Waals surface area contributed by atoms with Crippen molar-refractivity contribution in [1.29, 1.82) is 0 Å². The van der Waals surface area contributed by atoms with Gasteiger partial charge in [0, 0.05) is 11.8 Å². The van der Waals surface area contributed by atoms with Crippen molar-refractivity contribution in [3.63, 3.8) is 0 Å². The molecule has 0 radical (unpaired) electrons. The van der Waals surface area contributed by atoms with Gasteiger partial charge in [-0.1, -0.05) is 30.3 Å². The van der Waals surface area contributed by atoms with Crippen LogP contribution in [0.3, 0.4) is 0 Å². The number of benzene rings is 2. The Morgan fingerprint density at radius 2 is 1.89 bits per heavy atom. The second-order valence-electron chi connectivity index (χ2n) is 6.19. The lowest BCUT2D eigenvalue weighted by Crippen LogP contribution is -2.19. The third-order valence-corrected chi connectivity index (χ3v) is 4.55. The second kappa shape index (κ2) is 7.07. The monoisotopic (exact) mass is 364 g/mol. The zero-order chi connectivity index (χ0) is 18.8. The molecule has 4 rings (SSSR count). The summed E-state index contributed by atoms with van der Waals surface area (Å²) < 4.78 is 24.8. The standard InChI is InChI=1S/C21H17FN2O3/c1-26-16-8-3-7-15(12-16)19-18(24-21(25)27-19)14-6-2-5-13(11-14)17-9-4-10-23-20(17)22/h2-12,18-19H,1H3,(H,24,25)/t18-,19-/m1/s1. The summed E-state index contributed by atoms with van der Waals surface area (Å²) in [6.07, 6.45) is 0.402. The number of methoxy groups -OCH3 is 1. The van der Waals surface area contributed by atoms with Crippen LogP contribution in [-0.4, -0.2) is 18.2 Å². The lowest BCUT2D eigenvalue weighted by atomic mass is 9.94. The van der Waals surface area contributed by atoms with E-state index in [1.165, 1.54) is 6.20 Å². The van der Waals surface area contributed by atoms with E-state index in [4.69, 9.17) is 9.47 Å². The van der Waals surface area contributed by atoms with E-state index >= 15 is 0 Å². The van der Waals surface area contributed by atoms with Crippen LogP contribution in [0.4, 0.5) is 9.18 Å². The van der Waals surface area contributed by atoms with Crippen LogP contribution in [-0.2, 0) is 4.74 Å². The van der Waals surface area contributed by atoms with Gasteiger partial charge in [0.2, 0.25) is 5.95 Å². The average molecular weight is 364 g/mol. The fraction of sp³-hybridized carbons (Fsp3) is 0.143. The summed E-state index contributed by atoms with van der Waals surface area (Å²) in [6, 6.07) is 17.7. The van der Waals surface area contributed by atoms with Gasteiger partial charge in [-0.15, -0.1) is 0 Å². The smallest absolute Gasteiger partial charge is 0.408 e. The minimum absolute atomic E-state index is 0.399. The average Bonchev–Trinajstić information content (AvgIpc) is 3.10. The van der Waals surface area contributed by atoms with Crippen LogP contribution < -0.4 is 10.1 Å². The largest absolute Gasteiger partial charge is 0.497 e. The number of aromatic nitrogens is 1. The van der Waals surface area contributed by atoms with Gasteiger partial charge in [0.25, 0.3) is 0 Å². The molecule has 2 atom stereocenters. The molecule has 136 valence electrons. The number of amides is 1. The highest BCUT2D eigenvalue weighted by Gasteiger charge is 2.36. The minimum Gasteiger partial charge on any atom is -0.497 e. The zero-order valence-electron chi connectivity index (χ0n) is 14.6. The molecular weight excluding hydrogens is 347 g/mol. The summed E-state index contributed by atoms with van der Waals surface area (Å²) >= 11 is 0. The predicted octanol–water partition coefficient (Wildman–Crippen LogP) is 4.42. The van der Waals surface area contributed by atoms with Crippen molar-refractivity contribution in [3.05, 3.63) is 83.9 Å². The van der Waals surface area contributed by atoms with E-state index in [1.54, 1.807) is 19.2 Å². The van der Waals surface area contributed by atoms with E-state index in [9.17, 15) is 9.18 Å². The van der Waals surface area contributed by atoms with Crippen LogP contribution in [0.25, 0.3) is 11.1 Å². The first-order chi connectivity index (χ1) is 13.2. The summed E-state index contributed by atoms with van der Waals surface area (Å²) in [6.45, 7) is 0. The molecule has 1 aromatic heterocycles. The van der Waals surface area contributed by atoms with Gasteiger partial charge in [0.1, 0.15) is 5.75 Å². The van der Waals surface area contributed by atoms with E-state index in [2.05, 4.69) is 10.3 Å². The van der Waals surface area contributed by atoms with E-state index in [0.29, 0.717) is 16.9 Å². The highest BCUT2D eigenvalue weighted by Crippen LogP contribution is 2.38. The lowest BCUT2D eigenvalue weighted by molar-refractivity contribution is 0.132. The fourth-order valence-electron chi connectivity index (χ4n) is 3.26. The number of cyclic esters (lactones) is 1. The van der Waals surface area contributed by atoms with Gasteiger partial charge in [-0.3, -0.25) is 0 Å². The molecular formula is C21H17FN2O3. The number of rotatable bonds is 4. The Labute approximate surface area is 155 Å². The number of carbonyl (C=O) groups excluding carboxylic acids is 1. The first kappa shape index (κ1) is 17.0. The van der Waals surface area contributed by atoms with E-state index in [-0.39, 0.29) is 0 Å². The zero-order valence-corrected chi connectivity index (χ0v) is 14.6. The Bertz CT molecular complexity index is 992. The number of alkyl carbamates (subject to hydrolysis) is 1. The molecule has 3 aromatic rings. The normalized spacial score (nSPS) is 18.7. The van der Waals surface area contributed by atoms with Crippen LogP contribution in [0.15, 0.2) is 66.9 Å². The number of carbonyl (C=O) groups is 1. The van der Waals surface area contributed by atoms with Crippen molar-refractivity contribution < 1.29 is 18.7 Å². The molecule has 1 aliphatic rings. The van der Waals surface area contributed by atoms with Crippen LogP contribution >= 0.6 is 0 Å². The van der Waals surface area contributed by atoms with Crippen LogP contribution in [0, 0.1) is 5.95 Å². The number of nitrogens with zero attached hydrogens (tertiary/aromatic N) is 1. The van der Waals surface area contributed by atoms with Gasteiger partial charge >= 0.3 is 6.09 Å². The SMILES string of the molecule is COc1cccc([C@H]2OC(=O)N[C@@H]2c2cccc(-c3cccnc3F)c2)c1. The van der Waals surface area contributed by atoms with Gasteiger partial charge in [-0.05, 0) is 47.0 Å². The lowest BCUT2D eigenvalue weighted by Gasteiger charge is -2.19. The Balaban J connectivity index is 1.72. The summed E-state index contributed by atoms with van der Waals surface area (Å²) in [5, 5.41) is 2.84. The first-order valence-corrected chi connectivity index (χ1v) is 8.47. The number of nitrogens with one attached hydrogen (secondary N) is 1. The Kier molecular flexibility index (Phi) is 4.46. The van der Waals surface area contributed by atoms with Crippen LogP contribution in [0.2, 0.25) is 0 Å². The minimum atomic E-state index is -0.536. The van der Waals surface area contributed by atoms with Crippen molar-refractivity contribution in [2.45, 2.75) is 12.1 Å². The maximum atomic E-state index is 14.1. The van der Waals surface area contributed by atoms with E-state index < -0.39 is 24.2 Å².